The van der Waals surface area contributed by atoms with Gasteiger partial charge < -0.3 is 9.69 Å². The van der Waals surface area contributed by atoms with Gasteiger partial charge in [0, 0.05) is 12.2 Å². The van der Waals surface area contributed by atoms with E-state index in [2.05, 4.69) is 33.7 Å². The van der Waals surface area contributed by atoms with Crippen molar-refractivity contribution >= 4 is 23.2 Å². The molecule has 2 saturated carbocycles. The molecule has 0 aromatic carbocycles. The lowest BCUT2D eigenvalue weighted by atomic mass is 9.71. The number of rotatable bonds is 6. The molecule has 23 heavy (non-hydrogen) atoms. The van der Waals surface area contributed by atoms with Crippen molar-refractivity contribution in [3.05, 3.63) is 18.0 Å². The van der Waals surface area contributed by atoms with Gasteiger partial charge in [-0.3, -0.25) is 4.72 Å². The minimum atomic E-state index is -1.12. The molecule has 1 aromatic heterocycles. The van der Waals surface area contributed by atoms with Crippen LogP contribution in [-0.4, -0.2) is 50.8 Å². The Morgan fingerprint density at radius 2 is 2.00 bits per heavy atom. The van der Waals surface area contributed by atoms with Crippen LogP contribution >= 0.6 is 0 Å². The van der Waals surface area contributed by atoms with E-state index in [4.69, 9.17) is 0 Å². The number of hydrogen-bond donors (Lipinski definition) is 1. The zero-order chi connectivity index (χ0) is 16.4. The molecule has 1 heterocycles. The first-order chi connectivity index (χ1) is 11.0. The number of carbonyl (C=O) groups excluding carboxylic acids is 1. The number of nitrogens with one attached hydrogen (secondary N) is 1. The third-order valence-electron chi connectivity index (χ3n) is 4.99. The summed E-state index contributed by atoms with van der Waals surface area (Å²) in [6.45, 7) is 0. The van der Waals surface area contributed by atoms with Crippen LogP contribution in [0.25, 0.3) is 0 Å². The van der Waals surface area contributed by atoms with Crippen LogP contribution in [0.15, 0.2) is 12.3 Å². The molecule has 1 unspecified atom stereocenters. The molecule has 2 aliphatic rings. The van der Waals surface area contributed by atoms with Gasteiger partial charge in [0.15, 0.2) is 0 Å². The fourth-order valence-corrected chi connectivity index (χ4v) is 4.22. The molecule has 6 nitrogen and oxygen atoms in total. The van der Waals surface area contributed by atoms with Crippen LogP contribution in [0.3, 0.4) is 0 Å². The number of aldehydes is 1. The third-order valence-corrected chi connectivity index (χ3v) is 6.45. The maximum atomic E-state index is 12.0. The highest BCUT2D eigenvalue weighted by atomic mass is 32.2. The molecule has 0 spiro atoms. The van der Waals surface area contributed by atoms with Crippen molar-refractivity contribution in [2.24, 2.45) is 0 Å². The van der Waals surface area contributed by atoms with E-state index in [-0.39, 0.29) is 5.25 Å². The van der Waals surface area contributed by atoms with Crippen molar-refractivity contribution in [2.75, 3.05) is 18.8 Å². The first kappa shape index (κ1) is 16.5. The second-order valence-electron chi connectivity index (χ2n) is 6.83. The van der Waals surface area contributed by atoms with E-state index < -0.39 is 16.4 Å². The minimum absolute atomic E-state index is 0.220. The predicted molar refractivity (Wildman–Crippen MR) is 90.5 cm³/mol. The van der Waals surface area contributed by atoms with E-state index in [0.29, 0.717) is 12.0 Å². The molecule has 1 aromatic rings. The maximum absolute atomic E-state index is 12.0. The molecule has 7 heteroatoms. The summed E-state index contributed by atoms with van der Waals surface area (Å²) in [6, 6.07) is 2.33. The van der Waals surface area contributed by atoms with Crippen molar-refractivity contribution in [1.29, 1.82) is 0 Å². The van der Waals surface area contributed by atoms with Crippen LogP contribution in [-0.2, 0) is 21.2 Å². The predicted octanol–water partition coefficient (Wildman–Crippen LogP) is 1.66. The number of hydrogen-bond acceptors (Lipinski definition) is 5. The summed E-state index contributed by atoms with van der Waals surface area (Å²) in [5, 5.41) is 0.220. The molecule has 0 bridgehead atoms. The van der Waals surface area contributed by atoms with Gasteiger partial charge in [-0.2, -0.15) is 0 Å². The van der Waals surface area contributed by atoms with Gasteiger partial charge in [-0.15, -0.1) is 0 Å². The van der Waals surface area contributed by atoms with Gasteiger partial charge in [-0.05, 0) is 58.7 Å². The first-order valence-electron chi connectivity index (χ1n) is 8.17. The van der Waals surface area contributed by atoms with Crippen molar-refractivity contribution < 1.29 is 9.00 Å². The van der Waals surface area contributed by atoms with Crippen LogP contribution in [0.5, 0.6) is 0 Å². The average molecular weight is 336 g/mol. The number of aromatic nitrogens is 2. The van der Waals surface area contributed by atoms with E-state index in [9.17, 15) is 9.00 Å². The van der Waals surface area contributed by atoms with Crippen LogP contribution in [0.4, 0.5) is 5.95 Å². The lowest BCUT2D eigenvalue weighted by Gasteiger charge is -2.38. The van der Waals surface area contributed by atoms with E-state index >= 15 is 0 Å². The molecule has 1 atom stereocenters. The Bertz CT molecular complexity index is 595. The second kappa shape index (κ2) is 6.65. The van der Waals surface area contributed by atoms with Gasteiger partial charge in [0.1, 0.15) is 17.3 Å². The maximum Gasteiger partial charge on any atom is 0.234 e. The fourth-order valence-electron chi connectivity index (χ4n) is 3.21. The molecule has 1 N–H and O–H groups in total. The number of anilines is 1. The zero-order valence-electron chi connectivity index (χ0n) is 13.7. The standard InChI is InChI=1S/C16H24N4O2S/c1-20(2)12-5-8-16(11-21,9-6-12)14-7-10-17-15(18-14)19-23(22)13-3-4-13/h7,10-13H,3-6,8-9H2,1-2H3,(H,17,18,19). The Balaban J connectivity index is 1.76. The van der Waals surface area contributed by atoms with Crippen molar-refractivity contribution in [2.45, 2.75) is 55.2 Å². The Kier molecular flexibility index (Phi) is 4.77. The summed E-state index contributed by atoms with van der Waals surface area (Å²) in [5.74, 6) is 0.365. The van der Waals surface area contributed by atoms with Gasteiger partial charge in [0.05, 0.1) is 16.4 Å². The number of carbonyl (C=O) groups is 1. The summed E-state index contributed by atoms with van der Waals surface area (Å²) in [6.07, 6.45) is 8.22. The van der Waals surface area contributed by atoms with Gasteiger partial charge >= 0.3 is 0 Å². The summed E-state index contributed by atoms with van der Waals surface area (Å²) in [7, 11) is 3.04. The third kappa shape index (κ3) is 3.61. The number of nitrogens with zero attached hydrogens (tertiary/aromatic N) is 3. The zero-order valence-corrected chi connectivity index (χ0v) is 14.5. The highest BCUT2D eigenvalue weighted by Gasteiger charge is 2.39. The molecule has 0 radical (unpaired) electrons. The van der Waals surface area contributed by atoms with Gasteiger partial charge in [-0.25, -0.2) is 14.2 Å². The normalized spacial score (nSPS) is 29.3. The molecule has 0 aliphatic heterocycles. The van der Waals surface area contributed by atoms with Crippen molar-refractivity contribution in [3.8, 4) is 0 Å². The topological polar surface area (TPSA) is 75.2 Å². The van der Waals surface area contributed by atoms with Crippen LogP contribution in [0.2, 0.25) is 0 Å². The first-order valence-corrected chi connectivity index (χ1v) is 9.39. The van der Waals surface area contributed by atoms with E-state index in [1.165, 1.54) is 0 Å². The molecular weight excluding hydrogens is 312 g/mol. The Labute approximate surface area is 139 Å². The Morgan fingerprint density at radius 3 is 2.57 bits per heavy atom. The molecular formula is C16H24N4O2S. The Hall–Kier alpha value is -1.34. The molecule has 2 fully saturated rings. The average Bonchev–Trinajstić information content (AvgIpc) is 3.40. The summed E-state index contributed by atoms with van der Waals surface area (Å²) in [5.41, 5.74) is 0.211. The molecule has 3 rings (SSSR count). The monoisotopic (exact) mass is 336 g/mol. The van der Waals surface area contributed by atoms with Crippen molar-refractivity contribution in [1.82, 2.24) is 14.9 Å². The molecule has 0 amide bonds. The van der Waals surface area contributed by atoms with Crippen LogP contribution in [0, 0.1) is 0 Å². The van der Waals surface area contributed by atoms with E-state index in [1.807, 2.05) is 6.07 Å². The highest BCUT2D eigenvalue weighted by molar-refractivity contribution is 7.87. The van der Waals surface area contributed by atoms with Crippen LogP contribution in [0.1, 0.15) is 44.2 Å². The van der Waals surface area contributed by atoms with Gasteiger partial charge in [-0.1, -0.05) is 0 Å². The Morgan fingerprint density at radius 1 is 1.30 bits per heavy atom. The van der Waals surface area contributed by atoms with Gasteiger partial charge in [0.25, 0.3) is 0 Å². The smallest absolute Gasteiger partial charge is 0.234 e. The lowest BCUT2D eigenvalue weighted by molar-refractivity contribution is -0.114. The SMILES string of the molecule is CN(C)C1CCC(C=O)(c2ccnc(NS(=O)C3CC3)n2)CC1. The summed E-state index contributed by atoms with van der Waals surface area (Å²) >= 11 is 0. The largest absolute Gasteiger partial charge is 0.306 e. The summed E-state index contributed by atoms with van der Waals surface area (Å²) in [4.78, 5) is 22.7. The molecule has 0 saturated heterocycles. The lowest BCUT2D eigenvalue weighted by Crippen LogP contribution is -2.40. The quantitative estimate of drug-likeness (QED) is 0.800. The minimum Gasteiger partial charge on any atom is -0.306 e. The summed E-state index contributed by atoms with van der Waals surface area (Å²) < 4.78 is 14.9. The van der Waals surface area contributed by atoms with Gasteiger partial charge in [0.2, 0.25) is 5.95 Å². The van der Waals surface area contributed by atoms with Crippen molar-refractivity contribution in [3.63, 3.8) is 0 Å². The second-order valence-corrected chi connectivity index (χ2v) is 8.30. The van der Waals surface area contributed by atoms with E-state index in [0.717, 1.165) is 50.5 Å². The highest BCUT2D eigenvalue weighted by Crippen LogP contribution is 2.38. The molecule has 2 aliphatic carbocycles. The molecule has 126 valence electrons. The van der Waals surface area contributed by atoms with E-state index in [1.54, 1.807) is 6.20 Å². The fraction of sp³-hybridized carbons (Fsp3) is 0.688. The van der Waals surface area contributed by atoms with Crippen LogP contribution < -0.4 is 4.72 Å².